The van der Waals surface area contributed by atoms with Crippen LogP contribution in [0.4, 0.5) is 5.82 Å². The Morgan fingerprint density at radius 1 is 1.42 bits per heavy atom. The summed E-state index contributed by atoms with van der Waals surface area (Å²) in [4.78, 5) is 16.2. The van der Waals surface area contributed by atoms with Crippen molar-refractivity contribution in [2.24, 2.45) is 0 Å². The molecule has 0 bridgehead atoms. The fourth-order valence-electron chi connectivity index (χ4n) is 1.58. The van der Waals surface area contributed by atoms with Crippen molar-refractivity contribution in [3.05, 3.63) is 23.9 Å². The summed E-state index contributed by atoms with van der Waals surface area (Å²) in [6.45, 7) is 7.92. The second kappa shape index (κ2) is 8.48. The van der Waals surface area contributed by atoms with E-state index in [0.29, 0.717) is 18.8 Å². The minimum atomic E-state index is -0.174. The Hall–Kier alpha value is -1.62. The van der Waals surface area contributed by atoms with Gasteiger partial charge in [0.15, 0.2) is 0 Å². The summed E-state index contributed by atoms with van der Waals surface area (Å²) in [5, 5.41) is 5.97. The molecule has 0 saturated heterocycles. The van der Waals surface area contributed by atoms with Crippen LogP contribution in [0.2, 0.25) is 0 Å². The Morgan fingerprint density at radius 2 is 2.21 bits per heavy atom. The van der Waals surface area contributed by atoms with Gasteiger partial charge in [0.1, 0.15) is 11.5 Å². The lowest BCUT2D eigenvalue weighted by molar-refractivity contribution is 0.0693. The molecule has 0 saturated carbocycles. The zero-order chi connectivity index (χ0) is 14.1. The van der Waals surface area contributed by atoms with Gasteiger partial charge in [-0.2, -0.15) is 0 Å². The smallest absolute Gasteiger partial charge is 0.270 e. The van der Waals surface area contributed by atoms with Gasteiger partial charge in [0.2, 0.25) is 0 Å². The van der Waals surface area contributed by atoms with E-state index in [1.807, 2.05) is 26.0 Å². The zero-order valence-electron chi connectivity index (χ0n) is 11.9. The Balaban J connectivity index is 2.51. The van der Waals surface area contributed by atoms with E-state index in [2.05, 4.69) is 22.5 Å². The third kappa shape index (κ3) is 5.70. The van der Waals surface area contributed by atoms with Gasteiger partial charge in [-0.25, -0.2) is 4.98 Å². The summed E-state index contributed by atoms with van der Waals surface area (Å²) in [5.41, 5.74) is 0.421. The summed E-state index contributed by atoms with van der Waals surface area (Å²) in [5.74, 6) is 0.555. The molecular formula is C14H23N3O2. The van der Waals surface area contributed by atoms with Crippen molar-refractivity contribution < 1.29 is 9.53 Å². The van der Waals surface area contributed by atoms with Gasteiger partial charge in [-0.1, -0.05) is 13.0 Å². The van der Waals surface area contributed by atoms with Crippen molar-refractivity contribution in [3.63, 3.8) is 0 Å². The molecule has 1 unspecified atom stereocenters. The first-order chi connectivity index (χ1) is 9.17. The normalized spacial score (nSPS) is 11.9. The number of nitrogens with one attached hydrogen (secondary N) is 2. The van der Waals surface area contributed by atoms with Gasteiger partial charge in [0.25, 0.3) is 5.91 Å². The molecule has 0 aromatic carbocycles. The van der Waals surface area contributed by atoms with E-state index in [1.54, 1.807) is 6.07 Å². The summed E-state index contributed by atoms with van der Waals surface area (Å²) < 4.78 is 5.36. The van der Waals surface area contributed by atoms with E-state index in [0.717, 1.165) is 18.8 Å². The molecule has 19 heavy (non-hydrogen) atoms. The number of hydrogen-bond donors (Lipinski definition) is 2. The number of amides is 1. The van der Waals surface area contributed by atoms with Crippen molar-refractivity contribution in [1.29, 1.82) is 0 Å². The van der Waals surface area contributed by atoms with Crippen molar-refractivity contribution in [1.82, 2.24) is 10.3 Å². The summed E-state index contributed by atoms with van der Waals surface area (Å²) in [6.07, 6.45) is 1.03. The number of pyridine rings is 1. The topological polar surface area (TPSA) is 63.2 Å². The monoisotopic (exact) mass is 265 g/mol. The molecular weight excluding hydrogens is 242 g/mol. The first-order valence-corrected chi connectivity index (χ1v) is 6.78. The van der Waals surface area contributed by atoms with Gasteiger partial charge < -0.3 is 15.4 Å². The lowest BCUT2D eigenvalue weighted by Crippen LogP contribution is -2.32. The first-order valence-electron chi connectivity index (χ1n) is 6.78. The quantitative estimate of drug-likeness (QED) is 0.755. The maximum absolute atomic E-state index is 11.9. The van der Waals surface area contributed by atoms with Gasteiger partial charge in [-0.3, -0.25) is 4.79 Å². The summed E-state index contributed by atoms with van der Waals surface area (Å²) in [7, 11) is 0. The van der Waals surface area contributed by atoms with Crippen LogP contribution in [0.25, 0.3) is 0 Å². The van der Waals surface area contributed by atoms with E-state index < -0.39 is 0 Å². The van der Waals surface area contributed by atoms with Crippen molar-refractivity contribution in [3.8, 4) is 0 Å². The van der Waals surface area contributed by atoms with Gasteiger partial charge in [-0.05, 0) is 32.4 Å². The molecule has 0 fully saturated rings. The van der Waals surface area contributed by atoms with Crippen molar-refractivity contribution in [2.75, 3.05) is 25.0 Å². The Morgan fingerprint density at radius 3 is 2.89 bits per heavy atom. The fourth-order valence-corrected chi connectivity index (χ4v) is 1.58. The number of anilines is 1. The van der Waals surface area contributed by atoms with E-state index >= 15 is 0 Å². The number of aromatic nitrogens is 1. The molecule has 0 aliphatic carbocycles. The number of hydrogen-bond acceptors (Lipinski definition) is 4. The average molecular weight is 265 g/mol. The zero-order valence-corrected chi connectivity index (χ0v) is 11.9. The van der Waals surface area contributed by atoms with Crippen molar-refractivity contribution in [2.45, 2.75) is 33.3 Å². The number of nitrogens with zero attached hydrogens (tertiary/aromatic N) is 1. The van der Waals surface area contributed by atoms with E-state index in [1.165, 1.54) is 0 Å². The molecule has 1 aromatic rings. The molecule has 5 nitrogen and oxygen atoms in total. The second-order valence-electron chi connectivity index (χ2n) is 4.31. The molecule has 1 rings (SSSR count). The van der Waals surface area contributed by atoms with Crippen LogP contribution in [0.1, 0.15) is 37.7 Å². The van der Waals surface area contributed by atoms with Crippen LogP contribution in [0.15, 0.2) is 18.2 Å². The summed E-state index contributed by atoms with van der Waals surface area (Å²) in [6, 6.07) is 5.39. The molecule has 2 N–H and O–H groups in total. The third-order valence-electron chi connectivity index (χ3n) is 2.54. The molecule has 5 heteroatoms. The van der Waals surface area contributed by atoms with Crippen LogP contribution >= 0.6 is 0 Å². The molecule has 1 aromatic heterocycles. The standard InChI is InChI=1S/C14H23N3O2/c1-4-9-15-13-8-6-7-12(17-13)14(18)16-10-11(3)19-5-2/h6-8,11H,4-5,9-10H2,1-3H3,(H,15,17)(H,16,18). The van der Waals surface area contributed by atoms with Gasteiger partial charge in [0, 0.05) is 19.7 Å². The number of rotatable bonds is 8. The van der Waals surface area contributed by atoms with Gasteiger partial charge in [-0.15, -0.1) is 0 Å². The maximum atomic E-state index is 11.9. The summed E-state index contributed by atoms with van der Waals surface area (Å²) >= 11 is 0. The number of carbonyl (C=O) groups excluding carboxylic acids is 1. The van der Waals surface area contributed by atoms with Crippen LogP contribution in [0.3, 0.4) is 0 Å². The van der Waals surface area contributed by atoms with Crippen LogP contribution in [-0.2, 0) is 4.74 Å². The second-order valence-corrected chi connectivity index (χ2v) is 4.31. The highest BCUT2D eigenvalue weighted by Crippen LogP contribution is 2.05. The van der Waals surface area contributed by atoms with Crippen LogP contribution in [0, 0.1) is 0 Å². The van der Waals surface area contributed by atoms with Gasteiger partial charge >= 0.3 is 0 Å². The SMILES string of the molecule is CCCNc1cccc(C(=O)NCC(C)OCC)n1. The lowest BCUT2D eigenvalue weighted by atomic mass is 10.3. The molecule has 1 amide bonds. The molecule has 1 heterocycles. The Labute approximate surface area is 114 Å². The van der Waals surface area contributed by atoms with Gasteiger partial charge in [0.05, 0.1) is 6.10 Å². The minimum absolute atomic E-state index is 0.00958. The first kappa shape index (κ1) is 15.4. The lowest BCUT2D eigenvalue weighted by Gasteiger charge is -2.12. The largest absolute Gasteiger partial charge is 0.377 e. The van der Waals surface area contributed by atoms with Crippen LogP contribution in [-0.4, -0.2) is 36.7 Å². The molecule has 0 aliphatic rings. The molecule has 0 radical (unpaired) electrons. The highest BCUT2D eigenvalue weighted by molar-refractivity contribution is 5.92. The van der Waals surface area contributed by atoms with Crippen LogP contribution < -0.4 is 10.6 Å². The Bertz CT molecular complexity index is 396. The number of carbonyl (C=O) groups is 1. The van der Waals surface area contributed by atoms with E-state index in [-0.39, 0.29) is 12.0 Å². The molecule has 0 aliphatic heterocycles. The molecule has 1 atom stereocenters. The van der Waals surface area contributed by atoms with Crippen LogP contribution in [0.5, 0.6) is 0 Å². The number of ether oxygens (including phenoxy) is 1. The van der Waals surface area contributed by atoms with Crippen molar-refractivity contribution >= 4 is 11.7 Å². The maximum Gasteiger partial charge on any atom is 0.270 e. The minimum Gasteiger partial charge on any atom is -0.377 e. The molecule has 106 valence electrons. The highest BCUT2D eigenvalue weighted by Gasteiger charge is 2.09. The molecule has 0 spiro atoms. The average Bonchev–Trinajstić information content (AvgIpc) is 2.43. The fraction of sp³-hybridized carbons (Fsp3) is 0.571. The Kier molecular flexibility index (Phi) is 6.89. The predicted molar refractivity (Wildman–Crippen MR) is 76.4 cm³/mol. The third-order valence-corrected chi connectivity index (χ3v) is 2.54. The predicted octanol–water partition coefficient (Wildman–Crippen LogP) is 2.06. The van der Waals surface area contributed by atoms with E-state index in [4.69, 9.17) is 4.74 Å². The highest BCUT2D eigenvalue weighted by atomic mass is 16.5. The van der Waals surface area contributed by atoms with E-state index in [9.17, 15) is 4.79 Å².